The Morgan fingerprint density at radius 1 is 1.58 bits per heavy atom. The molecule has 0 atom stereocenters. The Labute approximate surface area is 120 Å². The second kappa shape index (κ2) is 4.44. The van der Waals surface area contributed by atoms with E-state index in [0.717, 1.165) is 25.7 Å². The zero-order valence-electron chi connectivity index (χ0n) is 10.4. The first kappa shape index (κ1) is 13.4. The van der Waals surface area contributed by atoms with Crippen molar-refractivity contribution in [1.82, 2.24) is 14.1 Å². The highest BCUT2D eigenvalue weighted by molar-refractivity contribution is 7.89. The lowest BCUT2D eigenvalue weighted by Gasteiger charge is -2.41. The second-order valence-electron chi connectivity index (χ2n) is 4.86. The molecule has 0 spiro atoms. The fourth-order valence-electron chi connectivity index (χ4n) is 2.44. The number of hydrogen-bond donors (Lipinski definition) is 1. The number of thiazole rings is 1. The highest BCUT2D eigenvalue weighted by atomic mass is 35.5. The van der Waals surface area contributed by atoms with Gasteiger partial charge in [-0.1, -0.05) is 18.5 Å². The fraction of sp³-hybridized carbons (Fsp3) is 0.545. The third-order valence-electron chi connectivity index (χ3n) is 3.77. The van der Waals surface area contributed by atoms with Crippen molar-refractivity contribution < 1.29 is 8.42 Å². The van der Waals surface area contributed by atoms with E-state index in [1.807, 2.05) is 6.92 Å². The topological polar surface area (TPSA) is 63.5 Å². The van der Waals surface area contributed by atoms with Gasteiger partial charge in [0.2, 0.25) is 0 Å². The predicted octanol–water partition coefficient (Wildman–Crippen LogP) is 2.66. The van der Waals surface area contributed by atoms with E-state index in [9.17, 15) is 8.42 Å². The van der Waals surface area contributed by atoms with E-state index in [1.54, 1.807) is 11.6 Å². The van der Waals surface area contributed by atoms with Gasteiger partial charge < -0.3 is 0 Å². The first-order chi connectivity index (χ1) is 8.97. The molecular weight excluding hydrogens is 306 g/mol. The van der Waals surface area contributed by atoms with Crippen LogP contribution in [-0.4, -0.2) is 23.3 Å². The molecule has 19 heavy (non-hydrogen) atoms. The SMILES string of the molecule is CCC1(NS(=O)(=O)c2c(Cl)nc3sccn23)CCC1. The van der Waals surface area contributed by atoms with Gasteiger partial charge in [-0.3, -0.25) is 4.40 Å². The molecule has 1 fully saturated rings. The van der Waals surface area contributed by atoms with Gasteiger partial charge in [0.05, 0.1) is 0 Å². The number of aromatic nitrogens is 2. The third kappa shape index (κ3) is 2.08. The van der Waals surface area contributed by atoms with Gasteiger partial charge in [0.15, 0.2) is 15.1 Å². The van der Waals surface area contributed by atoms with Gasteiger partial charge in [-0.2, -0.15) is 0 Å². The van der Waals surface area contributed by atoms with Gasteiger partial charge in [-0.15, -0.1) is 11.3 Å². The normalized spacial score (nSPS) is 18.6. The molecule has 8 heteroatoms. The summed E-state index contributed by atoms with van der Waals surface area (Å²) in [5, 5.41) is 1.87. The van der Waals surface area contributed by atoms with Crippen LogP contribution in [-0.2, 0) is 10.0 Å². The maximum Gasteiger partial charge on any atom is 0.260 e. The average molecular weight is 320 g/mol. The summed E-state index contributed by atoms with van der Waals surface area (Å²) in [6.07, 6.45) is 5.28. The number of halogens is 1. The van der Waals surface area contributed by atoms with E-state index in [0.29, 0.717) is 4.96 Å². The largest absolute Gasteiger partial charge is 0.279 e. The smallest absolute Gasteiger partial charge is 0.260 e. The standard InChI is InChI=1S/C11H14ClN3O2S2/c1-2-11(4-3-5-11)14-19(16,17)9-8(12)13-10-15(9)6-7-18-10/h6-7,14H,2-5H2,1H3. The van der Waals surface area contributed by atoms with Crippen LogP contribution in [0, 0.1) is 0 Å². The van der Waals surface area contributed by atoms with E-state index >= 15 is 0 Å². The van der Waals surface area contributed by atoms with Crippen molar-refractivity contribution in [3.05, 3.63) is 16.7 Å². The first-order valence-electron chi connectivity index (χ1n) is 6.12. The van der Waals surface area contributed by atoms with E-state index in [4.69, 9.17) is 11.6 Å². The van der Waals surface area contributed by atoms with Gasteiger partial charge in [-0.25, -0.2) is 18.1 Å². The number of imidazole rings is 1. The molecule has 2 aromatic heterocycles. The summed E-state index contributed by atoms with van der Waals surface area (Å²) in [7, 11) is -3.65. The van der Waals surface area contributed by atoms with Crippen LogP contribution in [0.25, 0.3) is 4.96 Å². The molecule has 1 aliphatic carbocycles. The van der Waals surface area contributed by atoms with Crippen LogP contribution >= 0.6 is 22.9 Å². The number of nitrogens with zero attached hydrogens (tertiary/aromatic N) is 2. The molecule has 0 saturated heterocycles. The minimum absolute atomic E-state index is 0.0323. The molecule has 0 aliphatic heterocycles. The molecule has 1 saturated carbocycles. The molecule has 5 nitrogen and oxygen atoms in total. The van der Waals surface area contributed by atoms with Crippen LogP contribution in [0.4, 0.5) is 0 Å². The third-order valence-corrected chi connectivity index (χ3v) is 6.50. The Balaban J connectivity index is 2.04. The van der Waals surface area contributed by atoms with Gasteiger partial charge in [0, 0.05) is 17.1 Å². The van der Waals surface area contributed by atoms with Crippen molar-refractivity contribution in [3.63, 3.8) is 0 Å². The number of nitrogens with one attached hydrogen (secondary N) is 1. The number of rotatable bonds is 4. The zero-order chi connectivity index (χ0) is 13.7. The lowest BCUT2D eigenvalue weighted by Crippen LogP contribution is -2.53. The molecule has 1 N–H and O–H groups in total. The van der Waals surface area contributed by atoms with Gasteiger partial charge in [-0.05, 0) is 25.7 Å². The monoisotopic (exact) mass is 319 g/mol. The number of fused-ring (bicyclic) bond motifs is 1. The summed E-state index contributed by atoms with van der Waals surface area (Å²) >= 11 is 7.34. The Morgan fingerprint density at radius 2 is 2.32 bits per heavy atom. The molecule has 0 radical (unpaired) electrons. The number of hydrogen-bond acceptors (Lipinski definition) is 4. The Kier molecular flexibility index (Phi) is 3.12. The van der Waals surface area contributed by atoms with Crippen LogP contribution in [0.2, 0.25) is 5.15 Å². The maximum absolute atomic E-state index is 12.5. The first-order valence-corrected chi connectivity index (χ1v) is 8.86. The van der Waals surface area contributed by atoms with E-state index < -0.39 is 10.0 Å². The molecule has 2 heterocycles. The summed E-state index contributed by atoms with van der Waals surface area (Å²) in [5.74, 6) is 0. The van der Waals surface area contributed by atoms with Gasteiger partial charge in [0.25, 0.3) is 10.0 Å². The van der Waals surface area contributed by atoms with Crippen molar-refractivity contribution in [1.29, 1.82) is 0 Å². The molecule has 104 valence electrons. The van der Waals surface area contributed by atoms with Crippen LogP contribution in [0.1, 0.15) is 32.6 Å². The maximum atomic E-state index is 12.5. The second-order valence-corrected chi connectivity index (χ2v) is 7.69. The molecule has 0 bridgehead atoms. The molecular formula is C11H14ClN3O2S2. The van der Waals surface area contributed by atoms with Crippen molar-refractivity contribution in [2.45, 2.75) is 43.2 Å². The van der Waals surface area contributed by atoms with Gasteiger partial charge >= 0.3 is 0 Å². The number of sulfonamides is 1. The fourth-order valence-corrected chi connectivity index (χ4v) is 5.43. The van der Waals surface area contributed by atoms with Gasteiger partial charge in [0.1, 0.15) is 0 Å². The summed E-state index contributed by atoms with van der Waals surface area (Å²) in [6.45, 7) is 2.00. The van der Waals surface area contributed by atoms with Crippen molar-refractivity contribution in [2.75, 3.05) is 0 Å². The average Bonchev–Trinajstić information content (AvgIpc) is 2.82. The lowest BCUT2D eigenvalue weighted by molar-refractivity contribution is 0.213. The summed E-state index contributed by atoms with van der Waals surface area (Å²) in [5.41, 5.74) is -0.303. The highest BCUT2D eigenvalue weighted by Crippen LogP contribution is 2.37. The van der Waals surface area contributed by atoms with E-state index in [-0.39, 0.29) is 15.7 Å². The van der Waals surface area contributed by atoms with Crippen LogP contribution in [0.5, 0.6) is 0 Å². The molecule has 3 rings (SSSR count). The predicted molar refractivity (Wildman–Crippen MR) is 75.3 cm³/mol. The molecule has 2 aromatic rings. The van der Waals surface area contributed by atoms with Crippen molar-refractivity contribution in [3.8, 4) is 0 Å². The van der Waals surface area contributed by atoms with Crippen molar-refractivity contribution in [2.24, 2.45) is 0 Å². The zero-order valence-corrected chi connectivity index (χ0v) is 12.8. The van der Waals surface area contributed by atoms with E-state index in [2.05, 4.69) is 9.71 Å². The van der Waals surface area contributed by atoms with Crippen LogP contribution in [0.15, 0.2) is 16.6 Å². The van der Waals surface area contributed by atoms with Crippen molar-refractivity contribution >= 4 is 37.9 Å². The Morgan fingerprint density at radius 3 is 2.89 bits per heavy atom. The minimum atomic E-state index is -3.65. The Bertz CT molecular complexity index is 710. The summed E-state index contributed by atoms with van der Waals surface area (Å²) in [6, 6.07) is 0. The molecule has 0 amide bonds. The molecule has 0 unspecified atom stereocenters. The van der Waals surface area contributed by atoms with E-state index in [1.165, 1.54) is 15.7 Å². The van der Waals surface area contributed by atoms with Crippen LogP contribution in [0.3, 0.4) is 0 Å². The van der Waals surface area contributed by atoms with Crippen LogP contribution < -0.4 is 4.72 Å². The lowest BCUT2D eigenvalue weighted by atomic mass is 9.76. The highest BCUT2D eigenvalue weighted by Gasteiger charge is 2.40. The summed E-state index contributed by atoms with van der Waals surface area (Å²) < 4.78 is 29.4. The summed E-state index contributed by atoms with van der Waals surface area (Å²) in [4.78, 5) is 4.65. The molecule has 0 aromatic carbocycles. The quantitative estimate of drug-likeness (QED) is 0.942. The molecule has 1 aliphatic rings. The minimum Gasteiger partial charge on any atom is -0.279 e. The Hall–Kier alpha value is -0.630.